The van der Waals surface area contributed by atoms with Crippen molar-refractivity contribution in [1.82, 2.24) is 20.2 Å². The van der Waals surface area contributed by atoms with Gasteiger partial charge in [0.2, 0.25) is 18.5 Å². The Morgan fingerprint density at radius 1 is 1.08 bits per heavy atom. The van der Waals surface area contributed by atoms with Gasteiger partial charge in [-0.3, -0.25) is 0 Å². The highest BCUT2D eigenvalue weighted by atomic mass is 19.4. The molecule has 5 aromatic rings. The molecule has 0 saturated carbocycles. The van der Waals surface area contributed by atoms with Gasteiger partial charge in [0.25, 0.3) is 0 Å². The van der Waals surface area contributed by atoms with Gasteiger partial charge in [-0.2, -0.15) is 13.2 Å². The summed E-state index contributed by atoms with van der Waals surface area (Å²) in [4.78, 5) is 7.16. The first-order valence-corrected chi connectivity index (χ1v) is 11.2. The Bertz CT molecular complexity index is 1580. The van der Waals surface area contributed by atoms with Crippen LogP contribution >= 0.6 is 0 Å². The van der Waals surface area contributed by atoms with Gasteiger partial charge in [0.05, 0.1) is 17.7 Å². The van der Waals surface area contributed by atoms with E-state index in [4.69, 9.17) is 9.26 Å². The predicted octanol–water partition coefficient (Wildman–Crippen LogP) is 5.70. The fraction of sp³-hybridized carbons (Fsp3) is 0.200. The smallest absolute Gasteiger partial charge is 0.417 e. The number of rotatable bonds is 7. The van der Waals surface area contributed by atoms with Gasteiger partial charge in [0.15, 0.2) is 11.6 Å². The summed E-state index contributed by atoms with van der Waals surface area (Å²) in [7, 11) is 0. The van der Waals surface area contributed by atoms with Crippen LogP contribution < -0.4 is 9.42 Å². The summed E-state index contributed by atoms with van der Waals surface area (Å²) in [6, 6.07) is 8.87. The van der Waals surface area contributed by atoms with E-state index in [0.29, 0.717) is 24.1 Å². The van der Waals surface area contributed by atoms with Gasteiger partial charge in [0, 0.05) is 11.6 Å². The van der Waals surface area contributed by atoms with Crippen LogP contribution in [-0.2, 0) is 12.7 Å². The van der Waals surface area contributed by atoms with Crippen molar-refractivity contribution < 1.29 is 35.9 Å². The maximum Gasteiger partial charge on any atom is 0.417 e. The highest BCUT2D eigenvalue weighted by Crippen LogP contribution is 2.39. The number of nitrogens with zero attached hydrogens (tertiary/aromatic N) is 4. The van der Waals surface area contributed by atoms with Gasteiger partial charge in [-0.25, -0.2) is 13.8 Å². The monoisotopic (exact) mass is 516 g/mol. The summed E-state index contributed by atoms with van der Waals surface area (Å²) >= 11 is 0. The van der Waals surface area contributed by atoms with Gasteiger partial charge in [-0.1, -0.05) is 22.8 Å². The Balaban J connectivity index is 1.41. The summed E-state index contributed by atoms with van der Waals surface area (Å²) in [5.74, 6) is -1.53. The molecule has 3 heterocycles. The molecule has 0 fully saturated rings. The van der Waals surface area contributed by atoms with E-state index in [-0.39, 0.29) is 40.7 Å². The second-order valence-corrected chi connectivity index (χ2v) is 8.19. The largest absolute Gasteiger partial charge is 0.494 e. The number of aromatic nitrogens is 5. The fourth-order valence-corrected chi connectivity index (χ4v) is 3.77. The number of ether oxygens (including phenoxy) is 1. The maximum atomic E-state index is 14.2. The fourth-order valence-electron chi connectivity index (χ4n) is 3.77. The molecule has 0 aliphatic heterocycles. The van der Waals surface area contributed by atoms with Gasteiger partial charge < -0.3 is 14.2 Å². The standard InChI is InChI=1S/C25H18F5N5O2/c1-2-8-36-14-6-7-16(18(9-14)25(28,29)30)20-10-15(37-34-20)12-35-13-22-21(11-31-35)32-24(33-22)17-4-3-5-19(26)23(17)27/h3-7,9-11,13H,2,8,12H2,1H3/p+1. The molecule has 190 valence electrons. The van der Waals surface area contributed by atoms with E-state index < -0.39 is 23.4 Å². The lowest BCUT2D eigenvalue weighted by molar-refractivity contribution is -0.746. The number of alkyl halides is 3. The Morgan fingerprint density at radius 2 is 1.92 bits per heavy atom. The second kappa shape index (κ2) is 9.60. The van der Waals surface area contributed by atoms with Gasteiger partial charge in [-0.15, -0.1) is 0 Å². The SMILES string of the molecule is CCCOc1ccc(-c2cc(C[n+]3cc4[nH]c(-c5cccc(F)c5F)nc4cn3)on2)c(C(F)(F)F)c1. The van der Waals surface area contributed by atoms with Crippen LogP contribution in [0.5, 0.6) is 5.75 Å². The van der Waals surface area contributed by atoms with Gasteiger partial charge >= 0.3 is 6.18 Å². The van der Waals surface area contributed by atoms with E-state index in [2.05, 4.69) is 20.2 Å². The van der Waals surface area contributed by atoms with Crippen LogP contribution in [0.15, 0.2) is 59.4 Å². The molecule has 0 bridgehead atoms. The van der Waals surface area contributed by atoms with Crippen molar-refractivity contribution >= 4 is 11.0 Å². The van der Waals surface area contributed by atoms with Crippen molar-refractivity contribution in [3.05, 3.63) is 77.8 Å². The van der Waals surface area contributed by atoms with E-state index in [1.807, 2.05) is 6.92 Å². The molecule has 0 radical (unpaired) electrons. The molecule has 0 aliphatic rings. The summed E-state index contributed by atoms with van der Waals surface area (Å²) in [5, 5.41) is 8.03. The highest BCUT2D eigenvalue weighted by Gasteiger charge is 2.35. The summed E-state index contributed by atoms with van der Waals surface area (Å²) in [5.41, 5.74) is -0.160. The molecular formula is C25H19F5N5O2+. The van der Waals surface area contributed by atoms with Crippen LogP contribution in [0.25, 0.3) is 33.7 Å². The third-order valence-corrected chi connectivity index (χ3v) is 5.50. The van der Waals surface area contributed by atoms with E-state index in [1.54, 1.807) is 6.20 Å². The van der Waals surface area contributed by atoms with Crippen LogP contribution in [0, 0.1) is 11.6 Å². The molecule has 5 rings (SSSR count). The first-order valence-electron chi connectivity index (χ1n) is 11.2. The summed E-state index contributed by atoms with van der Waals surface area (Å²) in [6.45, 7) is 2.20. The number of H-pyrrole nitrogens is 1. The molecule has 0 atom stereocenters. The highest BCUT2D eigenvalue weighted by molar-refractivity contribution is 5.77. The molecule has 1 N–H and O–H groups in total. The summed E-state index contributed by atoms with van der Waals surface area (Å²) in [6.07, 6.45) is -0.984. The maximum absolute atomic E-state index is 14.2. The first-order chi connectivity index (χ1) is 17.7. The van der Waals surface area contributed by atoms with Crippen molar-refractivity contribution in [3.63, 3.8) is 0 Å². The molecule has 3 aromatic heterocycles. The lowest BCUT2D eigenvalue weighted by Crippen LogP contribution is -2.37. The molecule has 0 spiro atoms. The van der Waals surface area contributed by atoms with Crippen LogP contribution in [0.3, 0.4) is 0 Å². The zero-order valence-corrected chi connectivity index (χ0v) is 19.3. The van der Waals surface area contributed by atoms with Crippen molar-refractivity contribution in [3.8, 4) is 28.4 Å². The number of aromatic amines is 1. The Morgan fingerprint density at radius 3 is 2.70 bits per heavy atom. The molecule has 0 aliphatic carbocycles. The molecule has 7 nitrogen and oxygen atoms in total. The van der Waals surface area contributed by atoms with Crippen molar-refractivity contribution in [2.24, 2.45) is 0 Å². The third-order valence-electron chi connectivity index (χ3n) is 5.50. The Labute approximate surface area is 206 Å². The number of benzene rings is 2. The second-order valence-electron chi connectivity index (χ2n) is 8.19. The topological polar surface area (TPSA) is 80.7 Å². The number of fused-ring (bicyclic) bond motifs is 1. The average Bonchev–Trinajstić information content (AvgIpc) is 3.50. The summed E-state index contributed by atoms with van der Waals surface area (Å²) < 4.78 is 81.0. The minimum Gasteiger partial charge on any atom is -0.494 e. The van der Waals surface area contributed by atoms with Crippen LogP contribution in [0.1, 0.15) is 24.7 Å². The zero-order valence-electron chi connectivity index (χ0n) is 19.3. The average molecular weight is 516 g/mol. The van der Waals surface area contributed by atoms with Crippen LogP contribution in [-0.4, -0.2) is 26.8 Å². The minimum atomic E-state index is -4.62. The van der Waals surface area contributed by atoms with Crippen LogP contribution in [0.4, 0.5) is 22.0 Å². The lowest BCUT2D eigenvalue weighted by Gasteiger charge is -2.13. The molecule has 2 aromatic carbocycles. The quantitative estimate of drug-likeness (QED) is 0.222. The Kier molecular flexibility index (Phi) is 6.32. The zero-order chi connectivity index (χ0) is 26.2. The Hall–Kier alpha value is -4.35. The number of nitrogens with one attached hydrogen (secondary N) is 1. The molecule has 0 saturated heterocycles. The first kappa shape index (κ1) is 24.3. The molecule has 0 amide bonds. The third kappa shape index (κ3) is 4.99. The normalized spacial score (nSPS) is 11.8. The van der Waals surface area contributed by atoms with E-state index in [0.717, 1.165) is 12.1 Å². The molecule has 12 heteroatoms. The molecule has 0 unspecified atom stereocenters. The number of imidazole rings is 1. The number of hydrogen-bond donors (Lipinski definition) is 1. The number of halogens is 5. The lowest BCUT2D eigenvalue weighted by atomic mass is 10.0. The van der Waals surface area contributed by atoms with Crippen molar-refractivity contribution in [1.29, 1.82) is 0 Å². The van der Waals surface area contributed by atoms with Gasteiger partial charge in [0.1, 0.15) is 34.5 Å². The van der Waals surface area contributed by atoms with Crippen LogP contribution in [0.2, 0.25) is 0 Å². The minimum absolute atomic E-state index is 0.0106. The molecule has 37 heavy (non-hydrogen) atoms. The van der Waals surface area contributed by atoms with Crippen molar-refractivity contribution in [2.45, 2.75) is 26.1 Å². The van der Waals surface area contributed by atoms with E-state index in [1.165, 1.54) is 41.2 Å². The van der Waals surface area contributed by atoms with Gasteiger partial charge in [-0.05, 0) is 41.9 Å². The van der Waals surface area contributed by atoms with E-state index in [9.17, 15) is 22.0 Å². The van der Waals surface area contributed by atoms with E-state index >= 15 is 0 Å². The predicted molar refractivity (Wildman–Crippen MR) is 121 cm³/mol. The van der Waals surface area contributed by atoms with Crippen molar-refractivity contribution in [2.75, 3.05) is 6.61 Å². The molecular weight excluding hydrogens is 497 g/mol. The number of hydrogen-bond acceptors (Lipinski definition) is 5.